The Hall–Kier alpha value is -1.11. The molecule has 3 rings (SSSR count). The van der Waals surface area contributed by atoms with Gasteiger partial charge in [0, 0.05) is 19.6 Å². The van der Waals surface area contributed by atoms with Gasteiger partial charge < -0.3 is 10.2 Å². The van der Waals surface area contributed by atoms with E-state index in [1.54, 1.807) is 31.2 Å². The maximum Gasteiger partial charge on any atom is 0.255 e. The Kier molecular flexibility index (Phi) is 5.94. The van der Waals surface area contributed by atoms with Crippen LogP contribution in [0.25, 0.3) is 0 Å². The van der Waals surface area contributed by atoms with E-state index >= 15 is 0 Å². The van der Waals surface area contributed by atoms with Crippen molar-refractivity contribution in [3.63, 3.8) is 0 Å². The first-order chi connectivity index (χ1) is 11.0. The molecule has 1 amide bonds. The summed E-state index contributed by atoms with van der Waals surface area (Å²) < 4.78 is 24.5. The van der Waals surface area contributed by atoms with Crippen LogP contribution in [-0.4, -0.2) is 51.2 Å². The minimum absolute atomic E-state index is 0. The Labute approximate surface area is 150 Å². The highest BCUT2D eigenvalue weighted by atomic mass is 35.5. The van der Waals surface area contributed by atoms with E-state index in [1.165, 1.54) is 6.42 Å². The first kappa shape index (κ1) is 19.2. The first-order valence-corrected chi connectivity index (χ1v) is 9.94. The van der Waals surface area contributed by atoms with Gasteiger partial charge in [-0.25, -0.2) is 8.42 Å². The van der Waals surface area contributed by atoms with Gasteiger partial charge in [0.15, 0.2) is 9.84 Å². The highest BCUT2D eigenvalue weighted by Gasteiger charge is 2.38. The second-order valence-electron chi connectivity index (χ2n) is 6.62. The summed E-state index contributed by atoms with van der Waals surface area (Å²) >= 11 is 0. The number of hydrogen-bond acceptors (Lipinski definition) is 4. The van der Waals surface area contributed by atoms with E-state index in [0.29, 0.717) is 24.1 Å². The van der Waals surface area contributed by atoms with E-state index in [4.69, 9.17) is 0 Å². The minimum atomic E-state index is -3.39. The lowest BCUT2D eigenvalue weighted by atomic mass is 9.78. The fourth-order valence-corrected chi connectivity index (χ4v) is 4.73. The molecule has 1 spiro atoms. The van der Waals surface area contributed by atoms with Gasteiger partial charge in [-0.1, -0.05) is 19.1 Å². The third-order valence-corrected chi connectivity index (χ3v) is 7.06. The molecular formula is C17H25ClN2O3S. The van der Waals surface area contributed by atoms with Gasteiger partial charge in [-0.05, 0) is 43.4 Å². The quantitative estimate of drug-likeness (QED) is 0.882. The SMILES string of the molecule is CCS(=O)(=O)c1ccccc1C(=O)N1CCC2(CCNC2)CC1.Cl. The van der Waals surface area contributed by atoms with Crippen LogP contribution in [0.15, 0.2) is 29.2 Å². The van der Waals surface area contributed by atoms with Crippen LogP contribution in [0.4, 0.5) is 0 Å². The van der Waals surface area contributed by atoms with Crippen molar-refractivity contribution in [2.75, 3.05) is 31.9 Å². The lowest BCUT2D eigenvalue weighted by Gasteiger charge is -2.39. The highest BCUT2D eigenvalue weighted by Crippen LogP contribution is 2.37. The van der Waals surface area contributed by atoms with Crippen molar-refractivity contribution in [3.05, 3.63) is 29.8 Å². The zero-order valence-corrected chi connectivity index (χ0v) is 15.6. The van der Waals surface area contributed by atoms with Gasteiger partial charge in [0.2, 0.25) is 0 Å². The number of likely N-dealkylation sites (tertiary alicyclic amines) is 1. The smallest absolute Gasteiger partial charge is 0.255 e. The summed E-state index contributed by atoms with van der Waals surface area (Å²) in [6.45, 7) is 5.12. The topological polar surface area (TPSA) is 66.5 Å². The average Bonchev–Trinajstić information content (AvgIpc) is 3.03. The standard InChI is InChI=1S/C17H24N2O3S.ClH/c1-2-23(21,22)15-6-4-3-5-14(15)16(20)19-11-8-17(9-12-19)7-10-18-13-17;/h3-6,18H,2,7-13H2,1H3;1H. The third kappa shape index (κ3) is 3.60. The van der Waals surface area contributed by atoms with Crippen molar-refractivity contribution < 1.29 is 13.2 Å². The molecular weight excluding hydrogens is 348 g/mol. The monoisotopic (exact) mass is 372 g/mol. The summed E-state index contributed by atoms with van der Waals surface area (Å²) in [4.78, 5) is 14.8. The van der Waals surface area contributed by atoms with Gasteiger partial charge in [-0.2, -0.15) is 0 Å². The van der Waals surface area contributed by atoms with Gasteiger partial charge in [-0.3, -0.25) is 4.79 Å². The Morgan fingerprint density at radius 2 is 1.88 bits per heavy atom. The largest absolute Gasteiger partial charge is 0.339 e. The summed E-state index contributed by atoms with van der Waals surface area (Å²) in [6, 6.07) is 6.58. The lowest BCUT2D eigenvalue weighted by molar-refractivity contribution is 0.0604. The van der Waals surface area contributed by atoms with Crippen molar-refractivity contribution >= 4 is 28.2 Å². The molecule has 2 aliphatic rings. The second kappa shape index (κ2) is 7.42. The van der Waals surface area contributed by atoms with Crippen LogP contribution in [0.5, 0.6) is 0 Å². The van der Waals surface area contributed by atoms with E-state index in [0.717, 1.165) is 25.9 Å². The fourth-order valence-electron chi connectivity index (χ4n) is 3.65. The number of benzene rings is 1. The number of halogens is 1. The molecule has 1 aromatic rings. The molecule has 0 saturated carbocycles. The van der Waals surface area contributed by atoms with Crippen molar-refractivity contribution in [3.8, 4) is 0 Å². The van der Waals surface area contributed by atoms with Crippen LogP contribution < -0.4 is 5.32 Å². The number of hydrogen-bond donors (Lipinski definition) is 1. The van der Waals surface area contributed by atoms with Crippen LogP contribution in [0, 0.1) is 5.41 Å². The molecule has 0 atom stereocenters. The highest BCUT2D eigenvalue weighted by molar-refractivity contribution is 7.91. The van der Waals surface area contributed by atoms with E-state index in [9.17, 15) is 13.2 Å². The maximum atomic E-state index is 12.8. The molecule has 5 nitrogen and oxygen atoms in total. The molecule has 0 aliphatic carbocycles. The number of amides is 1. The number of carbonyl (C=O) groups excluding carboxylic acids is 1. The zero-order valence-electron chi connectivity index (χ0n) is 14.0. The van der Waals surface area contributed by atoms with Crippen molar-refractivity contribution in [2.24, 2.45) is 5.41 Å². The molecule has 2 saturated heterocycles. The van der Waals surface area contributed by atoms with Crippen LogP contribution >= 0.6 is 12.4 Å². The Bertz CT molecular complexity index is 690. The van der Waals surface area contributed by atoms with Gasteiger partial charge >= 0.3 is 0 Å². The molecule has 0 bridgehead atoms. The predicted molar refractivity (Wildman–Crippen MR) is 96.5 cm³/mol. The summed E-state index contributed by atoms with van der Waals surface area (Å²) in [5.41, 5.74) is 0.654. The third-order valence-electron chi connectivity index (χ3n) is 5.28. The van der Waals surface area contributed by atoms with Crippen molar-refractivity contribution in [2.45, 2.75) is 31.1 Å². The number of rotatable bonds is 3. The lowest BCUT2D eigenvalue weighted by Crippen LogP contribution is -2.44. The zero-order chi connectivity index (χ0) is 16.5. The minimum Gasteiger partial charge on any atom is -0.339 e. The molecule has 1 N–H and O–H groups in total. The van der Waals surface area contributed by atoms with Crippen LogP contribution in [0.3, 0.4) is 0 Å². The van der Waals surface area contributed by atoms with Crippen LogP contribution in [0.2, 0.25) is 0 Å². The van der Waals surface area contributed by atoms with Crippen LogP contribution in [0.1, 0.15) is 36.5 Å². The number of nitrogens with one attached hydrogen (secondary N) is 1. The van der Waals surface area contributed by atoms with E-state index in [-0.39, 0.29) is 29.0 Å². The maximum absolute atomic E-state index is 12.8. The van der Waals surface area contributed by atoms with E-state index in [2.05, 4.69) is 5.32 Å². The molecule has 0 radical (unpaired) electrons. The van der Waals surface area contributed by atoms with E-state index in [1.807, 2.05) is 4.90 Å². The molecule has 24 heavy (non-hydrogen) atoms. The Balaban J connectivity index is 0.00000208. The molecule has 2 fully saturated rings. The van der Waals surface area contributed by atoms with Crippen LogP contribution in [-0.2, 0) is 9.84 Å². The molecule has 2 heterocycles. The molecule has 134 valence electrons. The average molecular weight is 373 g/mol. The second-order valence-corrected chi connectivity index (χ2v) is 8.87. The molecule has 0 unspecified atom stereocenters. The summed E-state index contributed by atoms with van der Waals surface area (Å²) in [7, 11) is -3.39. The predicted octanol–water partition coefficient (Wildman–Crippen LogP) is 2.12. The van der Waals surface area contributed by atoms with Crippen molar-refractivity contribution in [1.29, 1.82) is 0 Å². The number of carbonyl (C=O) groups is 1. The Morgan fingerprint density at radius 1 is 1.21 bits per heavy atom. The van der Waals surface area contributed by atoms with Gasteiger partial charge in [0.05, 0.1) is 16.2 Å². The molecule has 1 aromatic carbocycles. The fraction of sp³-hybridized carbons (Fsp3) is 0.588. The molecule has 2 aliphatic heterocycles. The molecule has 0 aromatic heterocycles. The Morgan fingerprint density at radius 3 is 2.46 bits per heavy atom. The number of piperidine rings is 1. The van der Waals surface area contributed by atoms with Gasteiger partial charge in [0.1, 0.15) is 0 Å². The van der Waals surface area contributed by atoms with Gasteiger partial charge in [-0.15, -0.1) is 12.4 Å². The summed E-state index contributed by atoms with van der Waals surface area (Å²) in [5.74, 6) is -0.148. The van der Waals surface area contributed by atoms with Crippen molar-refractivity contribution in [1.82, 2.24) is 10.2 Å². The first-order valence-electron chi connectivity index (χ1n) is 8.29. The molecule has 7 heteroatoms. The number of sulfone groups is 1. The summed E-state index contributed by atoms with van der Waals surface area (Å²) in [6.07, 6.45) is 3.17. The summed E-state index contributed by atoms with van der Waals surface area (Å²) in [5, 5.41) is 3.41. The van der Waals surface area contributed by atoms with Gasteiger partial charge in [0.25, 0.3) is 5.91 Å². The normalized spacial score (nSPS) is 20.0. The number of nitrogens with zero attached hydrogens (tertiary/aromatic N) is 1. The van der Waals surface area contributed by atoms with E-state index < -0.39 is 9.84 Å².